The molecule has 0 heterocycles. The van der Waals surface area contributed by atoms with Gasteiger partial charge >= 0.3 is 0 Å². The second-order valence-electron chi connectivity index (χ2n) is 1.92. The van der Waals surface area contributed by atoms with E-state index < -0.39 is 7.97 Å². The summed E-state index contributed by atoms with van der Waals surface area (Å²) in [5, 5.41) is 0. The minimum atomic E-state index is -0.747. The van der Waals surface area contributed by atoms with E-state index in [0.29, 0.717) is 5.75 Å². The van der Waals surface area contributed by atoms with Gasteiger partial charge in [0, 0.05) is 21.2 Å². The highest BCUT2D eigenvalue weighted by molar-refractivity contribution is 14.2. The first-order valence-corrected chi connectivity index (χ1v) is 6.74. The Kier molecular flexibility index (Phi) is 3.34. The van der Waals surface area contributed by atoms with Crippen molar-refractivity contribution in [1.29, 1.82) is 0 Å². The van der Waals surface area contributed by atoms with Gasteiger partial charge in [-0.05, 0) is 5.56 Å². The summed E-state index contributed by atoms with van der Waals surface area (Å²) in [7, 11) is -0.747. The Labute approximate surface area is 74.9 Å². The molecule has 0 saturated carbocycles. The SMILES string of the molecule is O=S(I)Cc1ccccc1. The first-order chi connectivity index (χ1) is 4.79. The second kappa shape index (κ2) is 4.08. The second-order valence-corrected chi connectivity index (χ2v) is 5.74. The Morgan fingerprint density at radius 3 is 2.40 bits per heavy atom. The van der Waals surface area contributed by atoms with Gasteiger partial charge < -0.3 is 0 Å². The number of benzene rings is 1. The Hall–Kier alpha value is 0.1000. The van der Waals surface area contributed by atoms with Crippen LogP contribution in [0.4, 0.5) is 0 Å². The van der Waals surface area contributed by atoms with Crippen molar-refractivity contribution in [3.8, 4) is 0 Å². The lowest BCUT2D eigenvalue weighted by atomic mass is 10.2. The highest BCUT2D eigenvalue weighted by atomic mass is 127. The van der Waals surface area contributed by atoms with Crippen molar-refractivity contribution in [2.75, 3.05) is 0 Å². The molecule has 0 aliphatic heterocycles. The van der Waals surface area contributed by atoms with Gasteiger partial charge in [-0.15, -0.1) is 0 Å². The Balaban J connectivity index is 2.67. The lowest BCUT2D eigenvalue weighted by molar-refractivity contribution is 0.692. The molecule has 1 aromatic carbocycles. The highest BCUT2D eigenvalue weighted by Gasteiger charge is 1.93. The van der Waals surface area contributed by atoms with Gasteiger partial charge in [0.05, 0.1) is 13.7 Å². The van der Waals surface area contributed by atoms with E-state index in [1.54, 1.807) is 0 Å². The number of hydrogen-bond acceptors (Lipinski definition) is 1. The number of halogens is 1. The van der Waals surface area contributed by atoms with Crippen molar-refractivity contribution < 1.29 is 4.21 Å². The first kappa shape index (κ1) is 8.20. The third kappa shape index (κ3) is 2.79. The van der Waals surface area contributed by atoms with Crippen molar-refractivity contribution in [2.45, 2.75) is 5.75 Å². The van der Waals surface area contributed by atoms with Gasteiger partial charge in [-0.3, -0.25) is 0 Å². The van der Waals surface area contributed by atoms with Crippen molar-refractivity contribution in [2.24, 2.45) is 0 Å². The molecule has 1 unspecified atom stereocenters. The maximum absolute atomic E-state index is 10.7. The van der Waals surface area contributed by atoms with Crippen LogP contribution in [0, 0.1) is 0 Å². The smallest absolute Gasteiger partial charge is 0.0880 e. The zero-order chi connectivity index (χ0) is 7.40. The first-order valence-electron chi connectivity index (χ1n) is 2.87. The Morgan fingerprint density at radius 1 is 1.30 bits per heavy atom. The molecule has 0 saturated heterocycles. The molecule has 0 aromatic heterocycles. The molecule has 0 fully saturated rings. The lowest BCUT2D eigenvalue weighted by Gasteiger charge is -1.93. The van der Waals surface area contributed by atoms with E-state index in [0.717, 1.165) is 5.56 Å². The predicted molar refractivity (Wildman–Crippen MR) is 52.3 cm³/mol. The average molecular weight is 266 g/mol. The monoisotopic (exact) mass is 266 g/mol. The molecule has 10 heavy (non-hydrogen) atoms. The minimum absolute atomic E-state index is 0.654. The van der Waals surface area contributed by atoms with Crippen LogP contribution in [0.3, 0.4) is 0 Å². The molecule has 0 aliphatic carbocycles. The van der Waals surface area contributed by atoms with Crippen LogP contribution in [0.5, 0.6) is 0 Å². The maximum atomic E-state index is 10.7. The van der Waals surface area contributed by atoms with Crippen LogP contribution in [0.1, 0.15) is 5.56 Å². The van der Waals surface area contributed by atoms with Crippen LogP contribution in [0.2, 0.25) is 0 Å². The van der Waals surface area contributed by atoms with Gasteiger partial charge in [-0.2, -0.15) is 0 Å². The molecule has 54 valence electrons. The average Bonchev–Trinajstić information content (AvgIpc) is 1.88. The van der Waals surface area contributed by atoms with Gasteiger partial charge in [-0.1, -0.05) is 30.3 Å². The van der Waals surface area contributed by atoms with E-state index in [1.807, 2.05) is 51.5 Å². The molecule has 1 nitrogen and oxygen atoms in total. The van der Waals surface area contributed by atoms with Crippen molar-refractivity contribution >= 4 is 29.2 Å². The molecular formula is C7H7IOS. The Morgan fingerprint density at radius 2 is 1.90 bits per heavy atom. The third-order valence-corrected chi connectivity index (χ3v) is 2.62. The van der Waals surface area contributed by atoms with Crippen LogP contribution >= 0.6 is 21.2 Å². The third-order valence-electron chi connectivity index (χ3n) is 1.12. The highest BCUT2D eigenvalue weighted by Crippen LogP contribution is 2.06. The molecule has 1 aromatic rings. The molecule has 3 heteroatoms. The molecule has 0 radical (unpaired) electrons. The fourth-order valence-electron chi connectivity index (χ4n) is 0.705. The predicted octanol–water partition coefficient (Wildman–Crippen LogP) is 2.29. The van der Waals surface area contributed by atoms with Crippen molar-refractivity contribution in [3.63, 3.8) is 0 Å². The van der Waals surface area contributed by atoms with Crippen molar-refractivity contribution in [1.82, 2.24) is 0 Å². The van der Waals surface area contributed by atoms with E-state index >= 15 is 0 Å². The van der Waals surface area contributed by atoms with Crippen LogP contribution in [0.25, 0.3) is 0 Å². The molecule has 0 spiro atoms. The van der Waals surface area contributed by atoms with E-state index in [1.165, 1.54) is 0 Å². The summed E-state index contributed by atoms with van der Waals surface area (Å²) in [4.78, 5) is 0. The number of hydrogen-bond donors (Lipinski definition) is 0. The lowest BCUT2D eigenvalue weighted by Crippen LogP contribution is -1.84. The molecule has 0 N–H and O–H groups in total. The summed E-state index contributed by atoms with van der Waals surface area (Å²) in [5.41, 5.74) is 1.13. The van der Waals surface area contributed by atoms with Crippen LogP contribution < -0.4 is 0 Å². The van der Waals surface area contributed by atoms with Gasteiger partial charge in [0.15, 0.2) is 0 Å². The summed E-state index contributed by atoms with van der Waals surface area (Å²) in [5.74, 6) is 0.654. The normalized spacial score (nSPS) is 12.9. The standard InChI is InChI=1S/C7H7IOS/c8-10(9)6-7-4-2-1-3-5-7/h1-5H,6H2. The largest absolute Gasteiger partial charge is 0.248 e. The van der Waals surface area contributed by atoms with E-state index in [4.69, 9.17) is 0 Å². The molecule has 1 atom stereocenters. The van der Waals surface area contributed by atoms with Gasteiger partial charge in [-0.25, -0.2) is 4.21 Å². The maximum Gasteiger partial charge on any atom is 0.0880 e. The summed E-state index contributed by atoms with van der Waals surface area (Å²) in [6.45, 7) is 0. The van der Waals surface area contributed by atoms with Gasteiger partial charge in [0.1, 0.15) is 0 Å². The summed E-state index contributed by atoms with van der Waals surface area (Å²) in [6, 6.07) is 9.84. The summed E-state index contributed by atoms with van der Waals surface area (Å²) >= 11 is 1.92. The van der Waals surface area contributed by atoms with Crippen LogP contribution in [-0.4, -0.2) is 4.21 Å². The topological polar surface area (TPSA) is 17.1 Å². The summed E-state index contributed by atoms with van der Waals surface area (Å²) in [6.07, 6.45) is 0. The minimum Gasteiger partial charge on any atom is -0.248 e. The van der Waals surface area contributed by atoms with E-state index in [9.17, 15) is 4.21 Å². The van der Waals surface area contributed by atoms with E-state index in [-0.39, 0.29) is 0 Å². The quantitative estimate of drug-likeness (QED) is 0.593. The molecule has 0 bridgehead atoms. The molecule has 0 aliphatic rings. The molecular weight excluding hydrogens is 259 g/mol. The zero-order valence-electron chi connectivity index (χ0n) is 5.29. The Bertz CT molecular complexity index is 222. The van der Waals surface area contributed by atoms with Crippen molar-refractivity contribution in [3.05, 3.63) is 35.9 Å². The van der Waals surface area contributed by atoms with E-state index in [2.05, 4.69) is 0 Å². The fourth-order valence-corrected chi connectivity index (χ4v) is 2.24. The summed E-state index contributed by atoms with van der Waals surface area (Å²) < 4.78 is 10.7. The molecule has 0 amide bonds. The van der Waals surface area contributed by atoms with Gasteiger partial charge in [0.2, 0.25) is 0 Å². The number of rotatable bonds is 2. The van der Waals surface area contributed by atoms with Crippen LogP contribution in [0.15, 0.2) is 30.3 Å². The van der Waals surface area contributed by atoms with Gasteiger partial charge in [0.25, 0.3) is 0 Å². The molecule has 1 rings (SSSR count). The zero-order valence-corrected chi connectivity index (χ0v) is 8.26. The fraction of sp³-hybridized carbons (Fsp3) is 0.143. The van der Waals surface area contributed by atoms with Crippen LogP contribution in [-0.2, 0) is 13.7 Å².